The molecule has 3 aromatic carbocycles. The topological polar surface area (TPSA) is 18.5 Å². The fourth-order valence-electron chi connectivity index (χ4n) is 4.07. The summed E-state index contributed by atoms with van der Waals surface area (Å²) in [5, 5.41) is 4.89. The van der Waals surface area contributed by atoms with Gasteiger partial charge in [-0.2, -0.15) is 0 Å². The van der Waals surface area contributed by atoms with Gasteiger partial charge in [0.15, 0.2) is 0 Å². The molecule has 0 N–H and O–H groups in total. The zero-order valence-corrected chi connectivity index (χ0v) is 17.8. The summed E-state index contributed by atoms with van der Waals surface area (Å²) in [7, 11) is 0. The normalized spacial score (nSPS) is 18.9. The van der Waals surface area contributed by atoms with Crippen molar-refractivity contribution in [3.63, 3.8) is 0 Å². The van der Waals surface area contributed by atoms with E-state index in [0.717, 1.165) is 27.5 Å². The number of halogens is 2. The Morgan fingerprint density at radius 3 is 2.67 bits per heavy atom. The van der Waals surface area contributed by atoms with Crippen LogP contribution in [0.2, 0.25) is 0 Å². The average Bonchev–Trinajstić information content (AvgIpc) is 2.76. The zero-order valence-electron chi connectivity index (χ0n) is 14.7. The van der Waals surface area contributed by atoms with Crippen LogP contribution in [0.15, 0.2) is 57.5 Å². The molecule has 1 aliphatic carbocycles. The summed E-state index contributed by atoms with van der Waals surface area (Å²) in [6, 6.07) is 17.2. The van der Waals surface area contributed by atoms with Crippen LogP contribution >= 0.6 is 31.9 Å². The first-order chi connectivity index (χ1) is 13.2. The SMILES string of the molecule is Brc1ccc2c(c1)=CC[C@@H]1OCCCOc3ccc4cc(Br)ccc4c3C=21. The van der Waals surface area contributed by atoms with Gasteiger partial charge in [-0.05, 0) is 58.0 Å². The standard InChI is InChI=1S/C23H18Br2O2/c24-16-4-6-18-14(12-16)2-8-20-22(18)23-19-7-5-17(25)13-15(19)3-9-21(23)27-11-1-10-26-20/h2-8,12-13,21H,1,9-11H2/t21-/m0/s1. The lowest BCUT2D eigenvalue weighted by Gasteiger charge is -2.25. The molecule has 0 saturated carbocycles. The van der Waals surface area contributed by atoms with Crippen molar-refractivity contribution >= 4 is 54.3 Å². The number of benzene rings is 3. The van der Waals surface area contributed by atoms with Crippen LogP contribution in [0, 0.1) is 0 Å². The molecule has 1 aliphatic heterocycles. The highest BCUT2D eigenvalue weighted by atomic mass is 79.9. The Labute approximate surface area is 174 Å². The molecule has 0 spiro atoms. The minimum absolute atomic E-state index is 0.0494. The van der Waals surface area contributed by atoms with Gasteiger partial charge in [-0.25, -0.2) is 0 Å². The van der Waals surface area contributed by atoms with Gasteiger partial charge < -0.3 is 9.47 Å². The summed E-state index contributed by atoms with van der Waals surface area (Å²) in [6.07, 6.45) is 4.11. The van der Waals surface area contributed by atoms with E-state index in [1.54, 1.807) is 0 Å². The Kier molecular flexibility index (Phi) is 4.58. The molecule has 136 valence electrons. The molecule has 2 nitrogen and oxygen atoms in total. The fraction of sp³-hybridized carbons (Fsp3) is 0.217. The molecule has 0 saturated heterocycles. The highest BCUT2D eigenvalue weighted by molar-refractivity contribution is 9.10. The van der Waals surface area contributed by atoms with Crippen LogP contribution in [0.25, 0.3) is 22.4 Å². The Bertz CT molecular complexity index is 1170. The molecule has 1 heterocycles. The van der Waals surface area contributed by atoms with Crippen LogP contribution < -0.4 is 15.2 Å². The lowest BCUT2D eigenvalue weighted by atomic mass is 9.87. The monoisotopic (exact) mass is 484 g/mol. The second-order valence-electron chi connectivity index (χ2n) is 6.95. The summed E-state index contributed by atoms with van der Waals surface area (Å²) < 4.78 is 14.7. The van der Waals surface area contributed by atoms with Gasteiger partial charge >= 0.3 is 0 Å². The molecule has 0 radical (unpaired) electrons. The maximum Gasteiger partial charge on any atom is 0.127 e. The van der Waals surface area contributed by atoms with E-state index in [1.807, 2.05) is 0 Å². The Balaban J connectivity index is 1.93. The molecular formula is C23H18Br2O2. The molecule has 0 amide bonds. The maximum absolute atomic E-state index is 6.31. The number of rotatable bonds is 0. The number of hydrogen-bond donors (Lipinski definition) is 0. The van der Waals surface area contributed by atoms with E-state index in [2.05, 4.69) is 86.5 Å². The highest BCUT2D eigenvalue weighted by Crippen LogP contribution is 2.38. The zero-order chi connectivity index (χ0) is 18.4. The lowest BCUT2D eigenvalue weighted by molar-refractivity contribution is 0.0869. The third kappa shape index (κ3) is 3.14. The van der Waals surface area contributed by atoms with Crippen LogP contribution in [0.3, 0.4) is 0 Å². The van der Waals surface area contributed by atoms with Gasteiger partial charge in [-0.15, -0.1) is 0 Å². The van der Waals surface area contributed by atoms with E-state index in [9.17, 15) is 0 Å². The van der Waals surface area contributed by atoms with Crippen molar-refractivity contribution in [2.75, 3.05) is 13.2 Å². The second kappa shape index (κ2) is 7.08. The largest absolute Gasteiger partial charge is 0.493 e. The van der Waals surface area contributed by atoms with E-state index in [0.29, 0.717) is 13.2 Å². The molecule has 5 rings (SSSR count). The number of ether oxygens (including phenoxy) is 2. The average molecular weight is 486 g/mol. The first-order valence-corrected chi connectivity index (χ1v) is 10.8. The second-order valence-corrected chi connectivity index (χ2v) is 8.78. The van der Waals surface area contributed by atoms with E-state index >= 15 is 0 Å². The molecule has 4 heteroatoms. The van der Waals surface area contributed by atoms with Gasteiger partial charge in [0.05, 0.1) is 19.3 Å². The lowest BCUT2D eigenvalue weighted by Crippen LogP contribution is -2.36. The predicted octanol–water partition coefficient (Wildman–Crippen LogP) is 4.92. The van der Waals surface area contributed by atoms with E-state index < -0.39 is 0 Å². The number of hydrogen-bond acceptors (Lipinski definition) is 2. The third-order valence-electron chi connectivity index (χ3n) is 5.26. The Morgan fingerprint density at radius 1 is 0.889 bits per heavy atom. The van der Waals surface area contributed by atoms with Crippen molar-refractivity contribution in [3.05, 3.63) is 73.5 Å². The van der Waals surface area contributed by atoms with Crippen molar-refractivity contribution in [2.45, 2.75) is 18.9 Å². The highest BCUT2D eigenvalue weighted by Gasteiger charge is 2.26. The minimum atomic E-state index is 0.0494. The van der Waals surface area contributed by atoms with Gasteiger partial charge in [0.2, 0.25) is 0 Å². The van der Waals surface area contributed by atoms with Gasteiger partial charge in [-0.3, -0.25) is 0 Å². The molecule has 0 bridgehead atoms. The van der Waals surface area contributed by atoms with Crippen LogP contribution in [-0.4, -0.2) is 19.3 Å². The maximum atomic E-state index is 6.31. The Morgan fingerprint density at radius 2 is 1.74 bits per heavy atom. The van der Waals surface area contributed by atoms with Crippen molar-refractivity contribution in [1.29, 1.82) is 0 Å². The quantitative estimate of drug-likeness (QED) is 0.450. The van der Waals surface area contributed by atoms with Crippen molar-refractivity contribution in [3.8, 4) is 5.75 Å². The van der Waals surface area contributed by atoms with Gasteiger partial charge in [0.1, 0.15) is 5.75 Å². The van der Waals surface area contributed by atoms with E-state index in [1.165, 1.54) is 32.3 Å². The van der Waals surface area contributed by atoms with E-state index in [4.69, 9.17) is 9.47 Å². The number of fused-ring (bicyclic) bond motifs is 6. The van der Waals surface area contributed by atoms with Crippen LogP contribution in [0.5, 0.6) is 5.75 Å². The van der Waals surface area contributed by atoms with Crippen molar-refractivity contribution in [1.82, 2.24) is 0 Å². The van der Waals surface area contributed by atoms with E-state index in [-0.39, 0.29) is 6.10 Å². The first kappa shape index (κ1) is 17.5. The molecule has 2 aliphatic rings. The molecular weight excluding hydrogens is 468 g/mol. The summed E-state index contributed by atoms with van der Waals surface area (Å²) in [6.45, 7) is 1.39. The summed E-state index contributed by atoms with van der Waals surface area (Å²) in [5.74, 6) is 0.950. The van der Waals surface area contributed by atoms with Crippen molar-refractivity contribution < 1.29 is 9.47 Å². The summed E-state index contributed by atoms with van der Waals surface area (Å²) in [4.78, 5) is 0. The molecule has 27 heavy (non-hydrogen) atoms. The minimum Gasteiger partial charge on any atom is -0.493 e. The molecule has 0 unspecified atom stereocenters. The van der Waals surface area contributed by atoms with Gasteiger partial charge in [-0.1, -0.05) is 56.1 Å². The summed E-state index contributed by atoms with van der Waals surface area (Å²) in [5.41, 5.74) is 2.41. The molecule has 0 fully saturated rings. The fourth-order valence-corrected chi connectivity index (χ4v) is 4.82. The Hall–Kier alpha value is -1.62. The van der Waals surface area contributed by atoms with Crippen LogP contribution in [0.1, 0.15) is 18.4 Å². The smallest absolute Gasteiger partial charge is 0.127 e. The molecule has 0 aromatic heterocycles. The van der Waals surface area contributed by atoms with Crippen LogP contribution in [-0.2, 0) is 4.74 Å². The molecule has 3 aromatic rings. The van der Waals surface area contributed by atoms with Gasteiger partial charge in [0, 0.05) is 26.5 Å². The molecule has 1 atom stereocenters. The predicted molar refractivity (Wildman–Crippen MR) is 116 cm³/mol. The summed E-state index contributed by atoms with van der Waals surface area (Å²) >= 11 is 7.21. The first-order valence-electron chi connectivity index (χ1n) is 9.18. The third-order valence-corrected chi connectivity index (χ3v) is 6.24. The van der Waals surface area contributed by atoms with Crippen molar-refractivity contribution in [2.24, 2.45) is 0 Å². The van der Waals surface area contributed by atoms with Gasteiger partial charge in [0.25, 0.3) is 0 Å². The van der Waals surface area contributed by atoms with Crippen LogP contribution in [0.4, 0.5) is 0 Å².